The van der Waals surface area contributed by atoms with Crippen molar-refractivity contribution < 1.29 is 4.74 Å². The Kier molecular flexibility index (Phi) is 2.93. The van der Waals surface area contributed by atoms with Gasteiger partial charge in [-0.05, 0) is 25.4 Å². The quantitative estimate of drug-likeness (QED) is 0.765. The van der Waals surface area contributed by atoms with Crippen LogP contribution in [-0.2, 0) is 6.42 Å². The van der Waals surface area contributed by atoms with Crippen LogP contribution in [0.1, 0.15) is 12.2 Å². The first kappa shape index (κ1) is 9.40. The first-order valence-electron chi connectivity index (χ1n) is 4.94. The van der Waals surface area contributed by atoms with Gasteiger partial charge in [0.1, 0.15) is 5.82 Å². The number of rotatable bonds is 3. The normalized spacial score (nSPS) is 21.1. The SMILES string of the molecule is COc1cnc(CC2CCNC2)nc1. The molecule has 76 valence electrons. The summed E-state index contributed by atoms with van der Waals surface area (Å²) in [6.07, 6.45) is 5.65. The Morgan fingerprint density at radius 1 is 1.50 bits per heavy atom. The van der Waals surface area contributed by atoms with Crippen LogP contribution in [0.4, 0.5) is 0 Å². The lowest BCUT2D eigenvalue weighted by molar-refractivity contribution is 0.409. The summed E-state index contributed by atoms with van der Waals surface area (Å²) >= 11 is 0. The van der Waals surface area contributed by atoms with E-state index in [1.807, 2.05) is 0 Å². The van der Waals surface area contributed by atoms with Crippen molar-refractivity contribution >= 4 is 0 Å². The van der Waals surface area contributed by atoms with Crippen LogP contribution in [0.25, 0.3) is 0 Å². The second kappa shape index (κ2) is 4.37. The maximum atomic E-state index is 5.00. The predicted molar refractivity (Wildman–Crippen MR) is 53.3 cm³/mol. The first-order chi connectivity index (χ1) is 6.88. The van der Waals surface area contributed by atoms with E-state index in [0.717, 1.165) is 31.1 Å². The highest BCUT2D eigenvalue weighted by Crippen LogP contribution is 2.13. The van der Waals surface area contributed by atoms with E-state index in [4.69, 9.17) is 4.74 Å². The third-order valence-corrected chi connectivity index (χ3v) is 2.55. The van der Waals surface area contributed by atoms with Gasteiger partial charge in [0.25, 0.3) is 0 Å². The van der Waals surface area contributed by atoms with Gasteiger partial charge in [0, 0.05) is 6.42 Å². The summed E-state index contributed by atoms with van der Waals surface area (Å²) in [7, 11) is 1.62. The van der Waals surface area contributed by atoms with Crippen LogP contribution >= 0.6 is 0 Å². The lowest BCUT2D eigenvalue weighted by Crippen LogP contribution is -2.12. The zero-order valence-electron chi connectivity index (χ0n) is 8.36. The number of nitrogens with one attached hydrogen (secondary N) is 1. The van der Waals surface area contributed by atoms with E-state index in [-0.39, 0.29) is 0 Å². The Balaban J connectivity index is 1.95. The van der Waals surface area contributed by atoms with Gasteiger partial charge in [0.15, 0.2) is 5.75 Å². The van der Waals surface area contributed by atoms with Crippen LogP contribution in [-0.4, -0.2) is 30.2 Å². The molecule has 1 aromatic rings. The topological polar surface area (TPSA) is 47.0 Å². The molecule has 14 heavy (non-hydrogen) atoms. The minimum atomic E-state index is 0.698. The van der Waals surface area contributed by atoms with Crippen molar-refractivity contribution in [3.05, 3.63) is 18.2 Å². The molecule has 1 N–H and O–H groups in total. The molecule has 2 rings (SSSR count). The van der Waals surface area contributed by atoms with Gasteiger partial charge in [-0.25, -0.2) is 9.97 Å². The van der Waals surface area contributed by atoms with Crippen LogP contribution in [0, 0.1) is 5.92 Å². The number of nitrogens with zero attached hydrogens (tertiary/aromatic N) is 2. The van der Waals surface area contributed by atoms with Crippen molar-refractivity contribution in [1.29, 1.82) is 0 Å². The number of methoxy groups -OCH3 is 1. The highest BCUT2D eigenvalue weighted by Gasteiger charge is 2.15. The van der Waals surface area contributed by atoms with Crippen molar-refractivity contribution in [2.45, 2.75) is 12.8 Å². The van der Waals surface area contributed by atoms with E-state index in [1.165, 1.54) is 6.42 Å². The molecule has 0 spiro atoms. The zero-order valence-corrected chi connectivity index (χ0v) is 8.36. The maximum absolute atomic E-state index is 5.00. The molecule has 0 saturated carbocycles. The third-order valence-electron chi connectivity index (χ3n) is 2.55. The fraction of sp³-hybridized carbons (Fsp3) is 0.600. The third kappa shape index (κ3) is 2.20. The molecular formula is C10H15N3O. The summed E-state index contributed by atoms with van der Waals surface area (Å²) in [6, 6.07) is 0. The molecule has 4 heteroatoms. The predicted octanol–water partition coefficient (Wildman–Crippen LogP) is 0.637. The number of hydrogen-bond acceptors (Lipinski definition) is 4. The summed E-state index contributed by atoms with van der Waals surface area (Å²) in [5, 5.41) is 3.33. The summed E-state index contributed by atoms with van der Waals surface area (Å²) in [5.74, 6) is 2.33. The largest absolute Gasteiger partial charge is 0.494 e. The molecule has 0 amide bonds. The van der Waals surface area contributed by atoms with Gasteiger partial charge in [-0.3, -0.25) is 0 Å². The van der Waals surface area contributed by atoms with Crippen LogP contribution in [0.5, 0.6) is 5.75 Å². The summed E-state index contributed by atoms with van der Waals surface area (Å²) in [4.78, 5) is 8.50. The molecule has 1 aromatic heterocycles. The first-order valence-corrected chi connectivity index (χ1v) is 4.94. The van der Waals surface area contributed by atoms with Crippen molar-refractivity contribution in [2.75, 3.05) is 20.2 Å². The second-order valence-corrected chi connectivity index (χ2v) is 3.60. The Labute approximate surface area is 83.7 Å². The standard InChI is InChI=1S/C10H15N3O/c1-14-9-6-12-10(13-7-9)4-8-2-3-11-5-8/h6-8,11H,2-5H2,1H3. The molecule has 2 heterocycles. The lowest BCUT2D eigenvalue weighted by Gasteiger charge is -2.06. The molecule has 4 nitrogen and oxygen atoms in total. The molecule has 0 radical (unpaired) electrons. The van der Waals surface area contributed by atoms with Gasteiger partial charge in [0.05, 0.1) is 19.5 Å². The van der Waals surface area contributed by atoms with Crippen molar-refractivity contribution in [2.24, 2.45) is 5.92 Å². The monoisotopic (exact) mass is 193 g/mol. The Hall–Kier alpha value is -1.16. The molecular weight excluding hydrogens is 178 g/mol. The van der Waals surface area contributed by atoms with Crippen molar-refractivity contribution in [1.82, 2.24) is 15.3 Å². The number of hydrogen-bond donors (Lipinski definition) is 1. The van der Waals surface area contributed by atoms with E-state index in [1.54, 1.807) is 19.5 Å². The van der Waals surface area contributed by atoms with Crippen LogP contribution in [0.15, 0.2) is 12.4 Å². The molecule has 1 saturated heterocycles. The molecule has 0 aliphatic carbocycles. The van der Waals surface area contributed by atoms with Crippen LogP contribution in [0.3, 0.4) is 0 Å². The van der Waals surface area contributed by atoms with Gasteiger partial charge in [-0.2, -0.15) is 0 Å². The summed E-state index contributed by atoms with van der Waals surface area (Å²) in [6.45, 7) is 2.22. The molecule has 1 unspecified atom stereocenters. The number of ether oxygens (including phenoxy) is 1. The van der Waals surface area contributed by atoms with Crippen molar-refractivity contribution in [3.63, 3.8) is 0 Å². The highest BCUT2D eigenvalue weighted by molar-refractivity contribution is 5.12. The molecule has 1 atom stereocenters. The second-order valence-electron chi connectivity index (χ2n) is 3.60. The smallest absolute Gasteiger partial charge is 0.155 e. The van der Waals surface area contributed by atoms with Gasteiger partial charge in [-0.1, -0.05) is 0 Å². The van der Waals surface area contributed by atoms with E-state index in [0.29, 0.717) is 5.92 Å². The van der Waals surface area contributed by atoms with Crippen LogP contribution < -0.4 is 10.1 Å². The fourth-order valence-electron chi connectivity index (χ4n) is 1.70. The van der Waals surface area contributed by atoms with Crippen LogP contribution in [0.2, 0.25) is 0 Å². The van der Waals surface area contributed by atoms with Gasteiger partial charge >= 0.3 is 0 Å². The maximum Gasteiger partial charge on any atom is 0.155 e. The van der Waals surface area contributed by atoms with E-state index in [9.17, 15) is 0 Å². The Morgan fingerprint density at radius 3 is 2.86 bits per heavy atom. The van der Waals surface area contributed by atoms with Gasteiger partial charge < -0.3 is 10.1 Å². The average Bonchev–Trinajstić information content (AvgIpc) is 2.72. The minimum Gasteiger partial charge on any atom is -0.494 e. The van der Waals surface area contributed by atoms with E-state index >= 15 is 0 Å². The Bertz CT molecular complexity index is 280. The molecule has 1 aliphatic heterocycles. The zero-order chi connectivity index (χ0) is 9.80. The molecule has 1 fully saturated rings. The fourth-order valence-corrected chi connectivity index (χ4v) is 1.70. The molecule has 0 aromatic carbocycles. The number of aromatic nitrogens is 2. The molecule has 0 bridgehead atoms. The lowest BCUT2D eigenvalue weighted by atomic mass is 10.1. The van der Waals surface area contributed by atoms with E-state index in [2.05, 4.69) is 15.3 Å². The van der Waals surface area contributed by atoms with E-state index < -0.39 is 0 Å². The summed E-state index contributed by atoms with van der Waals surface area (Å²) in [5.41, 5.74) is 0. The average molecular weight is 193 g/mol. The minimum absolute atomic E-state index is 0.698. The summed E-state index contributed by atoms with van der Waals surface area (Å²) < 4.78 is 5.00. The van der Waals surface area contributed by atoms with Gasteiger partial charge in [-0.15, -0.1) is 0 Å². The van der Waals surface area contributed by atoms with Gasteiger partial charge in [0.2, 0.25) is 0 Å². The highest BCUT2D eigenvalue weighted by atomic mass is 16.5. The Morgan fingerprint density at radius 2 is 2.29 bits per heavy atom. The van der Waals surface area contributed by atoms with Crippen molar-refractivity contribution in [3.8, 4) is 5.75 Å². The molecule has 1 aliphatic rings.